The van der Waals surface area contributed by atoms with Crippen LogP contribution in [0, 0.1) is 0 Å². The Kier molecular flexibility index (Phi) is 2.77. The molecule has 0 spiro atoms. The summed E-state index contributed by atoms with van der Waals surface area (Å²) in [6, 6.07) is 1.62. The van der Waals surface area contributed by atoms with E-state index in [1.807, 2.05) is 0 Å². The van der Waals surface area contributed by atoms with Gasteiger partial charge in [-0.05, 0) is 18.1 Å². The number of hydrogen-bond acceptors (Lipinski definition) is 4. The van der Waals surface area contributed by atoms with Crippen molar-refractivity contribution < 1.29 is 13.2 Å². The van der Waals surface area contributed by atoms with Crippen molar-refractivity contribution >= 4 is 27.3 Å². The summed E-state index contributed by atoms with van der Waals surface area (Å²) in [6.07, 6.45) is 0.695. The van der Waals surface area contributed by atoms with Crippen LogP contribution >= 0.6 is 11.3 Å². The summed E-state index contributed by atoms with van der Waals surface area (Å²) in [5, 5.41) is 5.07. The summed E-state index contributed by atoms with van der Waals surface area (Å²) >= 11 is 1.16. The summed E-state index contributed by atoms with van der Waals surface area (Å²) in [5.41, 5.74) is 0.992. The van der Waals surface area contributed by atoms with Crippen molar-refractivity contribution in [3.05, 3.63) is 16.5 Å². The topological polar surface area (TPSA) is 80.5 Å². The third-order valence-corrected chi connectivity index (χ3v) is 5.17. The number of amides is 1. The van der Waals surface area contributed by atoms with E-state index in [1.165, 1.54) is 6.92 Å². The largest absolute Gasteiger partial charge is 0.337 e. The van der Waals surface area contributed by atoms with E-state index in [-0.39, 0.29) is 10.1 Å². The number of nitrogens with two attached hydrogens (primary N) is 1. The predicted octanol–water partition coefficient (Wildman–Crippen LogP) is 0.300. The van der Waals surface area contributed by atoms with Crippen molar-refractivity contribution in [3.8, 4) is 0 Å². The molecule has 2 N–H and O–H groups in total. The number of primary sulfonamides is 1. The molecule has 0 fully saturated rings. The summed E-state index contributed by atoms with van der Waals surface area (Å²) < 4.78 is 22.5. The fourth-order valence-electron chi connectivity index (χ4n) is 1.70. The minimum Gasteiger partial charge on any atom is -0.337 e. The summed E-state index contributed by atoms with van der Waals surface area (Å²) in [5.74, 6) is 0.0104. The van der Waals surface area contributed by atoms with Crippen molar-refractivity contribution in [2.45, 2.75) is 24.1 Å². The molecule has 1 aliphatic heterocycles. The summed E-state index contributed by atoms with van der Waals surface area (Å²) in [4.78, 5) is 13.8. The van der Waals surface area contributed by atoms with Gasteiger partial charge in [-0.2, -0.15) is 0 Å². The Morgan fingerprint density at radius 2 is 2.25 bits per heavy atom. The van der Waals surface area contributed by atoms with Crippen molar-refractivity contribution in [2.24, 2.45) is 5.14 Å². The fraction of sp³-hybridized carbons (Fsp3) is 0.444. The first-order chi connectivity index (χ1) is 7.38. The van der Waals surface area contributed by atoms with Crippen molar-refractivity contribution in [3.63, 3.8) is 0 Å². The molecule has 0 unspecified atom stereocenters. The molecule has 7 heteroatoms. The zero-order valence-corrected chi connectivity index (χ0v) is 10.4. The Morgan fingerprint density at radius 1 is 1.56 bits per heavy atom. The van der Waals surface area contributed by atoms with Crippen molar-refractivity contribution in [2.75, 3.05) is 6.54 Å². The molecule has 2 rings (SSSR count). The lowest BCUT2D eigenvalue weighted by molar-refractivity contribution is -0.129. The van der Waals surface area contributed by atoms with Gasteiger partial charge in [-0.15, -0.1) is 11.3 Å². The molecule has 0 aliphatic carbocycles. The van der Waals surface area contributed by atoms with E-state index >= 15 is 0 Å². The Hall–Kier alpha value is -0.920. The highest BCUT2D eigenvalue weighted by Gasteiger charge is 2.23. The highest BCUT2D eigenvalue weighted by Crippen LogP contribution is 2.30. The first-order valence-corrected chi connectivity index (χ1v) is 7.14. The second-order valence-corrected chi connectivity index (χ2v) is 6.67. The molecule has 1 aromatic heterocycles. The van der Waals surface area contributed by atoms with Gasteiger partial charge in [-0.1, -0.05) is 0 Å². The zero-order valence-electron chi connectivity index (χ0n) is 8.76. The number of sulfonamides is 1. The zero-order chi connectivity index (χ0) is 11.9. The van der Waals surface area contributed by atoms with Gasteiger partial charge in [0.15, 0.2) is 0 Å². The quantitative estimate of drug-likeness (QED) is 0.788. The normalized spacial score (nSPS) is 16.0. The third kappa shape index (κ3) is 2.11. The number of rotatable bonds is 1. The van der Waals surface area contributed by atoms with Crippen molar-refractivity contribution in [1.29, 1.82) is 0 Å². The second kappa shape index (κ2) is 3.83. The van der Waals surface area contributed by atoms with Crippen LogP contribution in [0.4, 0.5) is 0 Å². The van der Waals surface area contributed by atoms with Crippen LogP contribution in [0.25, 0.3) is 0 Å². The number of fused-ring (bicyclic) bond motifs is 1. The van der Waals surface area contributed by atoms with Crippen LogP contribution in [0.3, 0.4) is 0 Å². The summed E-state index contributed by atoms with van der Waals surface area (Å²) in [6.45, 7) is 2.65. The molecule has 88 valence electrons. The van der Waals surface area contributed by atoms with Gasteiger partial charge in [0.25, 0.3) is 0 Å². The Bertz CT molecular complexity index is 533. The molecular formula is C9H12N2O3S2. The van der Waals surface area contributed by atoms with Gasteiger partial charge in [-0.3, -0.25) is 4.79 Å². The lowest BCUT2D eigenvalue weighted by atomic mass is 10.1. The number of thiophene rings is 1. The Morgan fingerprint density at radius 3 is 2.81 bits per heavy atom. The van der Waals surface area contributed by atoms with Gasteiger partial charge in [0.05, 0.1) is 6.54 Å². The van der Waals surface area contributed by atoms with E-state index in [4.69, 9.17) is 5.14 Å². The van der Waals surface area contributed by atoms with Gasteiger partial charge in [0.1, 0.15) is 4.21 Å². The molecule has 0 bridgehead atoms. The highest BCUT2D eigenvalue weighted by atomic mass is 32.2. The monoisotopic (exact) mass is 260 g/mol. The maximum Gasteiger partial charge on any atom is 0.247 e. The van der Waals surface area contributed by atoms with Crippen LogP contribution in [0.2, 0.25) is 0 Å². The maximum absolute atomic E-state index is 11.2. The van der Waals surface area contributed by atoms with Crippen LogP contribution in [0.1, 0.15) is 17.4 Å². The average Bonchev–Trinajstić information content (AvgIpc) is 2.58. The molecule has 1 amide bonds. The lowest BCUT2D eigenvalue weighted by Crippen LogP contribution is -2.33. The van der Waals surface area contributed by atoms with Crippen LogP contribution in [-0.4, -0.2) is 25.8 Å². The standard InChI is InChI=1S/C9H12N2O3S2/c1-6(12)11-3-2-7-4-9(16(10,13)14)15-8(7)5-11/h4H,2-3,5H2,1H3,(H2,10,13,14). The smallest absolute Gasteiger partial charge is 0.247 e. The van der Waals surface area contributed by atoms with Gasteiger partial charge < -0.3 is 4.90 Å². The summed E-state index contributed by atoms with van der Waals surface area (Å²) in [7, 11) is -3.62. The third-order valence-electron chi connectivity index (χ3n) is 2.59. The first-order valence-electron chi connectivity index (χ1n) is 4.78. The minimum atomic E-state index is -3.62. The molecule has 0 saturated heterocycles. The number of nitrogens with zero attached hydrogens (tertiary/aromatic N) is 1. The predicted molar refractivity (Wildman–Crippen MR) is 60.5 cm³/mol. The highest BCUT2D eigenvalue weighted by molar-refractivity contribution is 7.91. The van der Waals surface area contributed by atoms with Gasteiger partial charge in [0.2, 0.25) is 15.9 Å². The van der Waals surface area contributed by atoms with E-state index in [9.17, 15) is 13.2 Å². The van der Waals surface area contributed by atoms with Gasteiger partial charge in [-0.25, -0.2) is 13.6 Å². The van der Waals surface area contributed by atoms with E-state index in [0.29, 0.717) is 19.5 Å². The second-order valence-electron chi connectivity index (χ2n) is 3.75. The Balaban J connectivity index is 2.34. The lowest BCUT2D eigenvalue weighted by Gasteiger charge is -2.25. The SMILES string of the molecule is CC(=O)N1CCc2cc(S(N)(=O)=O)sc2C1. The van der Waals surface area contributed by atoms with Crippen molar-refractivity contribution in [1.82, 2.24) is 4.90 Å². The van der Waals surface area contributed by atoms with Gasteiger partial charge >= 0.3 is 0 Å². The Labute approximate surface area is 97.9 Å². The molecule has 16 heavy (non-hydrogen) atoms. The van der Waals surface area contributed by atoms with Crippen LogP contribution in [0.15, 0.2) is 10.3 Å². The van der Waals surface area contributed by atoms with Gasteiger partial charge in [0, 0.05) is 18.3 Å². The minimum absolute atomic E-state index is 0.0104. The molecule has 0 aromatic carbocycles. The molecule has 0 radical (unpaired) electrons. The molecule has 5 nitrogen and oxygen atoms in total. The molecule has 2 heterocycles. The molecule has 1 aliphatic rings. The first kappa shape index (κ1) is 11.6. The fourth-order valence-corrected chi connectivity index (χ4v) is 3.73. The number of carbonyl (C=O) groups is 1. The van der Waals surface area contributed by atoms with E-state index < -0.39 is 10.0 Å². The number of carbonyl (C=O) groups excluding carboxylic acids is 1. The van der Waals surface area contributed by atoms with Crippen LogP contribution < -0.4 is 5.14 Å². The molecule has 0 atom stereocenters. The molecule has 0 saturated carbocycles. The molecule has 1 aromatic rings. The van der Waals surface area contributed by atoms with E-state index in [1.54, 1.807) is 11.0 Å². The molecular weight excluding hydrogens is 248 g/mol. The van der Waals surface area contributed by atoms with E-state index in [0.717, 1.165) is 21.8 Å². The van der Waals surface area contributed by atoms with E-state index in [2.05, 4.69) is 0 Å². The maximum atomic E-state index is 11.2. The van der Waals surface area contributed by atoms with Crippen LogP contribution in [-0.2, 0) is 27.8 Å². The average molecular weight is 260 g/mol. The van der Waals surface area contributed by atoms with Crippen LogP contribution in [0.5, 0.6) is 0 Å². The number of hydrogen-bond donors (Lipinski definition) is 1.